The van der Waals surface area contributed by atoms with Gasteiger partial charge in [-0.3, -0.25) is 9.59 Å². The highest BCUT2D eigenvalue weighted by Gasteiger charge is 2.35. The highest BCUT2D eigenvalue weighted by Crippen LogP contribution is 2.28. The van der Waals surface area contributed by atoms with Crippen molar-refractivity contribution in [3.63, 3.8) is 0 Å². The molecule has 4 aromatic rings. The molecule has 3 aromatic heterocycles. The van der Waals surface area contributed by atoms with Gasteiger partial charge in [-0.2, -0.15) is 4.80 Å². The minimum absolute atomic E-state index is 0.0935. The van der Waals surface area contributed by atoms with E-state index < -0.39 is 6.04 Å². The Morgan fingerprint density at radius 2 is 1.76 bits per heavy atom. The number of tetrazole rings is 1. The van der Waals surface area contributed by atoms with Crippen molar-refractivity contribution in [3.05, 3.63) is 77.4 Å². The number of benzene rings is 1. The number of carbonyl (C=O) groups is 2. The lowest BCUT2D eigenvalue weighted by atomic mass is 10.1. The molecular formula is C27H30N6O4. The summed E-state index contributed by atoms with van der Waals surface area (Å²) in [7, 11) is 0. The second kappa shape index (κ2) is 10.8. The van der Waals surface area contributed by atoms with Gasteiger partial charge in [0.2, 0.25) is 11.7 Å². The van der Waals surface area contributed by atoms with E-state index in [9.17, 15) is 9.59 Å². The molecule has 0 saturated heterocycles. The first-order chi connectivity index (χ1) is 18.0. The van der Waals surface area contributed by atoms with Crippen molar-refractivity contribution >= 4 is 11.8 Å². The van der Waals surface area contributed by atoms with Gasteiger partial charge < -0.3 is 19.1 Å². The van der Waals surface area contributed by atoms with Crippen LogP contribution in [0.25, 0.3) is 11.6 Å². The Balaban J connectivity index is 1.44. The van der Waals surface area contributed by atoms with Crippen LogP contribution in [0.2, 0.25) is 0 Å². The molecular weight excluding hydrogens is 472 g/mol. The van der Waals surface area contributed by atoms with Crippen LogP contribution in [0.5, 0.6) is 0 Å². The SMILES string of the molecule is Cc1ccc(-c2nnn(CC(=O)N(Cc3ccccc3)[C@@H](C(=O)NC3CCCC3)c3ccc(C)o3)n2)o1. The third-order valence-electron chi connectivity index (χ3n) is 6.50. The molecule has 3 heterocycles. The Hall–Kier alpha value is -4.21. The second-order valence-corrected chi connectivity index (χ2v) is 9.40. The lowest BCUT2D eigenvalue weighted by Crippen LogP contribution is -2.46. The Morgan fingerprint density at radius 1 is 1.03 bits per heavy atom. The van der Waals surface area contributed by atoms with Crippen molar-refractivity contribution in [3.8, 4) is 11.6 Å². The topological polar surface area (TPSA) is 119 Å². The lowest BCUT2D eigenvalue weighted by molar-refractivity contribution is -0.143. The molecule has 1 saturated carbocycles. The molecule has 192 valence electrons. The zero-order chi connectivity index (χ0) is 25.8. The van der Waals surface area contributed by atoms with E-state index in [1.807, 2.05) is 50.2 Å². The van der Waals surface area contributed by atoms with E-state index in [2.05, 4.69) is 20.7 Å². The van der Waals surface area contributed by atoms with Crippen molar-refractivity contribution in [1.29, 1.82) is 0 Å². The fourth-order valence-corrected chi connectivity index (χ4v) is 4.65. The van der Waals surface area contributed by atoms with Gasteiger partial charge in [-0.05, 0) is 61.7 Å². The van der Waals surface area contributed by atoms with Crippen molar-refractivity contribution in [2.24, 2.45) is 0 Å². The molecule has 1 aromatic carbocycles. The fraction of sp³-hybridized carbons (Fsp3) is 0.370. The maximum Gasteiger partial charge on any atom is 0.250 e. The molecule has 10 nitrogen and oxygen atoms in total. The zero-order valence-electron chi connectivity index (χ0n) is 21.0. The highest BCUT2D eigenvalue weighted by molar-refractivity contribution is 5.88. The van der Waals surface area contributed by atoms with Gasteiger partial charge in [0.25, 0.3) is 5.91 Å². The van der Waals surface area contributed by atoms with Gasteiger partial charge in [0.15, 0.2) is 11.8 Å². The van der Waals surface area contributed by atoms with E-state index in [1.165, 1.54) is 9.70 Å². The molecule has 1 aliphatic carbocycles. The average Bonchev–Trinajstić information content (AvgIpc) is 3.69. The van der Waals surface area contributed by atoms with Crippen LogP contribution in [-0.4, -0.2) is 43.0 Å². The quantitative estimate of drug-likeness (QED) is 0.368. The first kappa shape index (κ1) is 24.5. The summed E-state index contributed by atoms with van der Waals surface area (Å²) in [4.78, 5) is 30.2. The molecule has 37 heavy (non-hydrogen) atoms. The average molecular weight is 503 g/mol. The Morgan fingerprint density at radius 3 is 2.43 bits per heavy atom. The van der Waals surface area contributed by atoms with Crippen LogP contribution < -0.4 is 5.32 Å². The first-order valence-corrected chi connectivity index (χ1v) is 12.5. The van der Waals surface area contributed by atoms with E-state index in [-0.39, 0.29) is 36.8 Å². The predicted molar refractivity (Wildman–Crippen MR) is 134 cm³/mol. The van der Waals surface area contributed by atoms with Crippen LogP contribution >= 0.6 is 0 Å². The van der Waals surface area contributed by atoms with Gasteiger partial charge in [-0.1, -0.05) is 43.2 Å². The van der Waals surface area contributed by atoms with E-state index >= 15 is 0 Å². The number of furan rings is 2. The maximum absolute atomic E-state index is 13.8. The third-order valence-corrected chi connectivity index (χ3v) is 6.50. The smallest absolute Gasteiger partial charge is 0.250 e. The number of hydrogen-bond acceptors (Lipinski definition) is 7. The summed E-state index contributed by atoms with van der Waals surface area (Å²) in [5.41, 5.74) is 0.885. The summed E-state index contributed by atoms with van der Waals surface area (Å²) < 4.78 is 11.5. The van der Waals surface area contributed by atoms with Crippen LogP contribution in [0.15, 0.2) is 63.4 Å². The van der Waals surface area contributed by atoms with Gasteiger partial charge in [-0.25, -0.2) is 0 Å². The van der Waals surface area contributed by atoms with Crippen LogP contribution in [-0.2, 0) is 22.7 Å². The summed E-state index contributed by atoms with van der Waals surface area (Å²) in [5, 5.41) is 15.5. The van der Waals surface area contributed by atoms with Crippen molar-refractivity contribution < 1.29 is 18.4 Å². The number of carbonyl (C=O) groups excluding carboxylic acids is 2. The normalized spacial score (nSPS) is 14.5. The molecule has 1 N–H and O–H groups in total. The van der Waals surface area contributed by atoms with Gasteiger partial charge in [-0.15, -0.1) is 10.2 Å². The van der Waals surface area contributed by atoms with Gasteiger partial charge in [0.1, 0.15) is 23.8 Å². The lowest BCUT2D eigenvalue weighted by Gasteiger charge is -2.30. The van der Waals surface area contributed by atoms with Crippen LogP contribution in [0.4, 0.5) is 0 Å². The number of aromatic nitrogens is 4. The molecule has 1 atom stereocenters. The van der Waals surface area contributed by atoms with Crippen LogP contribution in [0.1, 0.15) is 54.6 Å². The standard InChI is InChI=1S/C27H30N6O4/c1-18-12-14-22(36-18)25(27(35)28-21-10-6-7-11-21)32(16-20-8-4-3-5-9-20)24(34)17-33-30-26(29-31-33)23-15-13-19(2)37-23/h3-5,8-9,12-15,21,25H,6-7,10-11,16-17H2,1-2H3,(H,28,35)/t25-/m1/s1. The molecule has 0 unspecified atom stereocenters. The van der Waals surface area contributed by atoms with E-state index in [0.717, 1.165) is 37.0 Å². The second-order valence-electron chi connectivity index (χ2n) is 9.40. The molecule has 1 aliphatic rings. The summed E-state index contributed by atoms with van der Waals surface area (Å²) in [6.45, 7) is 3.65. The van der Waals surface area contributed by atoms with Gasteiger partial charge >= 0.3 is 0 Å². The third kappa shape index (κ3) is 5.79. The monoisotopic (exact) mass is 502 g/mol. The summed E-state index contributed by atoms with van der Waals surface area (Å²) >= 11 is 0. The Labute approximate surface area is 214 Å². The number of aryl methyl sites for hydroxylation is 2. The minimum atomic E-state index is -0.947. The minimum Gasteiger partial charge on any atom is -0.464 e. The molecule has 10 heteroatoms. The van der Waals surface area contributed by atoms with Crippen molar-refractivity contribution in [2.45, 2.75) is 64.7 Å². The maximum atomic E-state index is 13.8. The highest BCUT2D eigenvalue weighted by atomic mass is 16.3. The van der Waals surface area contributed by atoms with Gasteiger partial charge in [0.05, 0.1) is 0 Å². The largest absolute Gasteiger partial charge is 0.464 e. The van der Waals surface area contributed by atoms with Gasteiger partial charge in [0, 0.05) is 12.6 Å². The summed E-state index contributed by atoms with van der Waals surface area (Å²) in [6, 6.07) is 15.8. The first-order valence-electron chi connectivity index (χ1n) is 12.5. The molecule has 0 radical (unpaired) electrons. The number of rotatable bonds is 9. The number of nitrogens with zero attached hydrogens (tertiary/aromatic N) is 5. The van der Waals surface area contributed by atoms with Crippen LogP contribution in [0, 0.1) is 13.8 Å². The predicted octanol–water partition coefficient (Wildman–Crippen LogP) is 3.97. The van der Waals surface area contributed by atoms with E-state index in [0.29, 0.717) is 17.3 Å². The molecule has 0 bridgehead atoms. The fourth-order valence-electron chi connectivity index (χ4n) is 4.65. The molecule has 2 amide bonds. The molecule has 0 aliphatic heterocycles. The zero-order valence-corrected chi connectivity index (χ0v) is 21.0. The molecule has 1 fully saturated rings. The molecule has 5 rings (SSSR count). The number of amides is 2. The number of hydrogen-bond donors (Lipinski definition) is 1. The number of nitrogens with one attached hydrogen (secondary N) is 1. The van der Waals surface area contributed by atoms with E-state index in [1.54, 1.807) is 18.2 Å². The van der Waals surface area contributed by atoms with Crippen LogP contribution in [0.3, 0.4) is 0 Å². The summed E-state index contributed by atoms with van der Waals surface area (Å²) in [5.74, 6) is 1.95. The van der Waals surface area contributed by atoms with Crippen molar-refractivity contribution in [1.82, 2.24) is 30.4 Å². The Kier molecular flexibility index (Phi) is 7.16. The molecule has 0 spiro atoms. The van der Waals surface area contributed by atoms with E-state index in [4.69, 9.17) is 8.83 Å². The Bertz CT molecular complexity index is 1350. The van der Waals surface area contributed by atoms with Crippen molar-refractivity contribution in [2.75, 3.05) is 0 Å². The summed E-state index contributed by atoms with van der Waals surface area (Å²) in [6.07, 6.45) is 4.02.